The van der Waals surface area contributed by atoms with Crippen molar-refractivity contribution in [3.8, 4) is 0 Å². The van der Waals surface area contributed by atoms with Crippen LogP contribution >= 0.6 is 0 Å². The Morgan fingerprint density at radius 2 is 2.28 bits per heavy atom. The summed E-state index contributed by atoms with van der Waals surface area (Å²) >= 11 is 0. The third kappa shape index (κ3) is 2.82. The van der Waals surface area contributed by atoms with Gasteiger partial charge in [0.25, 0.3) is 0 Å². The molecular formula is C14H21N3O. The molecule has 0 aliphatic rings. The second-order valence-corrected chi connectivity index (χ2v) is 4.55. The van der Waals surface area contributed by atoms with Gasteiger partial charge in [0.15, 0.2) is 0 Å². The lowest BCUT2D eigenvalue weighted by molar-refractivity contribution is 0.468. The molecule has 0 fully saturated rings. The summed E-state index contributed by atoms with van der Waals surface area (Å²) in [4.78, 5) is 4.39. The molecule has 4 nitrogen and oxygen atoms in total. The highest BCUT2D eigenvalue weighted by Gasteiger charge is 2.09. The van der Waals surface area contributed by atoms with Crippen molar-refractivity contribution in [2.24, 2.45) is 0 Å². The zero-order chi connectivity index (χ0) is 13.0. The van der Waals surface area contributed by atoms with Gasteiger partial charge in [0, 0.05) is 24.4 Å². The fraction of sp³-hybridized carbons (Fsp3) is 0.500. The van der Waals surface area contributed by atoms with Gasteiger partial charge in [0.1, 0.15) is 17.3 Å². The maximum absolute atomic E-state index is 5.71. The highest BCUT2D eigenvalue weighted by molar-refractivity contribution is 5.21. The number of aryl methyl sites for hydroxylation is 2. The lowest BCUT2D eigenvalue weighted by Gasteiger charge is -2.05. The molecule has 0 radical (unpaired) electrons. The van der Waals surface area contributed by atoms with Crippen LogP contribution in [0.25, 0.3) is 0 Å². The van der Waals surface area contributed by atoms with Gasteiger partial charge in [-0.2, -0.15) is 0 Å². The minimum absolute atomic E-state index is 0.770. The van der Waals surface area contributed by atoms with Crippen molar-refractivity contribution in [2.45, 2.75) is 39.8 Å². The predicted octanol–water partition coefficient (Wildman–Crippen LogP) is 2.50. The molecule has 2 rings (SSSR count). The van der Waals surface area contributed by atoms with Gasteiger partial charge < -0.3 is 14.3 Å². The van der Waals surface area contributed by atoms with Gasteiger partial charge in [-0.25, -0.2) is 4.98 Å². The first-order valence-electron chi connectivity index (χ1n) is 6.47. The molecule has 1 N–H and O–H groups in total. The zero-order valence-corrected chi connectivity index (χ0v) is 11.4. The molecule has 0 aliphatic carbocycles. The first-order valence-corrected chi connectivity index (χ1v) is 6.47. The van der Waals surface area contributed by atoms with Crippen LogP contribution in [0.3, 0.4) is 0 Å². The Morgan fingerprint density at radius 1 is 1.44 bits per heavy atom. The second kappa shape index (κ2) is 5.87. The van der Waals surface area contributed by atoms with E-state index in [1.165, 1.54) is 5.56 Å². The topological polar surface area (TPSA) is 43.0 Å². The number of rotatable bonds is 6. The zero-order valence-electron chi connectivity index (χ0n) is 11.4. The molecule has 0 bridgehead atoms. The summed E-state index contributed by atoms with van der Waals surface area (Å²) < 4.78 is 7.91. The van der Waals surface area contributed by atoms with Crippen molar-refractivity contribution < 1.29 is 4.42 Å². The number of hydrogen-bond donors (Lipinski definition) is 1. The Labute approximate surface area is 108 Å². The summed E-state index contributed by atoms with van der Waals surface area (Å²) in [6.07, 6.45) is 6.05. The van der Waals surface area contributed by atoms with Crippen molar-refractivity contribution >= 4 is 0 Å². The van der Waals surface area contributed by atoms with Crippen molar-refractivity contribution in [3.63, 3.8) is 0 Å². The highest BCUT2D eigenvalue weighted by Crippen LogP contribution is 2.17. The average molecular weight is 247 g/mol. The molecule has 18 heavy (non-hydrogen) atoms. The monoisotopic (exact) mass is 247 g/mol. The van der Waals surface area contributed by atoms with Crippen molar-refractivity contribution in [2.75, 3.05) is 7.05 Å². The van der Waals surface area contributed by atoms with E-state index in [0.717, 1.165) is 43.3 Å². The van der Waals surface area contributed by atoms with Crippen LogP contribution < -0.4 is 5.32 Å². The SMILES string of the molecule is CCCc1nccn1Cc1cc(CNC)oc1C. The van der Waals surface area contributed by atoms with E-state index in [2.05, 4.69) is 27.9 Å². The molecule has 4 heteroatoms. The number of hydrogen-bond acceptors (Lipinski definition) is 3. The van der Waals surface area contributed by atoms with Crippen LogP contribution in [0, 0.1) is 6.92 Å². The lowest BCUT2D eigenvalue weighted by Crippen LogP contribution is -2.05. The first kappa shape index (κ1) is 12.9. The number of nitrogens with one attached hydrogen (secondary N) is 1. The average Bonchev–Trinajstić information content (AvgIpc) is 2.89. The summed E-state index contributed by atoms with van der Waals surface area (Å²) in [5, 5.41) is 3.10. The molecule has 0 unspecified atom stereocenters. The predicted molar refractivity (Wildman–Crippen MR) is 71.5 cm³/mol. The van der Waals surface area contributed by atoms with Gasteiger partial charge in [0.05, 0.1) is 13.1 Å². The minimum Gasteiger partial charge on any atom is -0.465 e. The Balaban J connectivity index is 2.15. The van der Waals surface area contributed by atoms with Gasteiger partial charge in [-0.1, -0.05) is 6.92 Å². The smallest absolute Gasteiger partial charge is 0.118 e. The van der Waals surface area contributed by atoms with Gasteiger partial charge in [-0.15, -0.1) is 0 Å². The largest absolute Gasteiger partial charge is 0.465 e. The molecule has 2 aromatic rings. The minimum atomic E-state index is 0.770. The number of imidazole rings is 1. The van der Waals surface area contributed by atoms with Crippen LogP contribution in [0.15, 0.2) is 22.9 Å². The van der Waals surface area contributed by atoms with Crippen LogP contribution in [0.2, 0.25) is 0 Å². The van der Waals surface area contributed by atoms with E-state index < -0.39 is 0 Å². The van der Waals surface area contributed by atoms with Crippen LogP contribution in [0.5, 0.6) is 0 Å². The molecule has 98 valence electrons. The van der Waals surface area contributed by atoms with Crippen molar-refractivity contribution in [1.82, 2.24) is 14.9 Å². The third-order valence-electron chi connectivity index (χ3n) is 3.04. The number of aromatic nitrogens is 2. The Hall–Kier alpha value is -1.55. The van der Waals surface area contributed by atoms with Gasteiger partial charge >= 0.3 is 0 Å². The fourth-order valence-electron chi connectivity index (χ4n) is 2.13. The van der Waals surface area contributed by atoms with E-state index in [9.17, 15) is 0 Å². The summed E-state index contributed by atoms with van der Waals surface area (Å²) in [7, 11) is 1.92. The van der Waals surface area contributed by atoms with E-state index in [4.69, 9.17) is 4.42 Å². The number of nitrogens with zero attached hydrogens (tertiary/aromatic N) is 2. The maximum atomic E-state index is 5.71. The van der Waals surface area contributed by atoms with Crippen molar-refractivity contribution in [1.29, 1.82) is 0 Å². The molecule has 0 aliphatic heterocycles. The second-order valence-electron chi connectivity index (χ2n) is 4.55. The summed E-state index contributed by atoms with van der Waals surface area (Å²) in [5.74, 6) is 3.13. The lowest BCUT2D eigenvalue weighted by atomic mass is 10.2. The molecular weight excluding hydrogens is 226 g/mol. The molecule has 0 aromatic carbocycles. The molecule has 0 atom stereocenters. The number of furan rings is 1. The molecule has 2 aromatic heterocycles. The Bertz CT molecular complexity index is 499. The van der Waals surface area contributed by atoms with Crippen LogP contribution in [-0.4, -0.2) is 16.6 Å². The molecule has 0 amide bonds. The van der Waals surface area contributed by atoms with Gasteiger partial charge in [-0.05, 0) is 26.5 Å². The van der Waals surface area contributed by atoms with E-state index in [0.29, 0.717) is 0 Å². The van der Waals surface area contributed by atoms with Crippen LogP contribution in [0.4, 0.5) is 0 Å². The standard InChI is InChI=1S/C14H21N3O/c1-4-5-14-16-6-7-17(14)10-12-8-13(9-15-3)18-11(12)2/h6-8,15H,4-5,9-10H2,1-3H3. The summed E-state index contributed by atoms with van der Waals surface area (Å²) in [6, 6.07) is 2.13. The van der Waals surface area contributed by atoms with E-state index in [1.54, 1.807) is 0 Å². The fourth-order valence-corrected chi connectivity index (χ4v) is 2.13. The van der Waals surface area contributed by atoms with E-state index >= 15 is 0 Å². The maximum Gasteiger partial charge on any atom is 0.118 e. The van der Waals surface area contributed by atoms with Gasteiger partial charge in [-0.3, -0.25) is 0 Å². The highest BCUT2D eigenvalue weighted by atomic mass is 16.3. The van der Waals surface area contributed by atoms with Gasteiger partial charge in [0.2, 0.25) is 0 Å². The van der Waals surface area contributed by atoms with E-state index in [1.807, 2.05) is 26.4 Å². The Morgan fingerprint density at radius 3 is 3.00 bits per heavy atom. The summed E-state index contributed by atoms with van der Waals surface area (Å²) in [5.41, 5.74) is 1.23. The Kier molecular flexibility index (Phi) is 4.20. The van der Waals surface area contributed by atoms with Crippen molar-refractivity contribution in [3.05, 3.63) is 41.4 Å². The molecule has 0 spiro atoms. The quantitative estimate of drug-likeness (QED) is 0.853. The first-order chi connectivity index (χ1) is 8.74. The molecule has 0 saturated carbocycles. The van der Waals surface area contributed by atoms with Crippen LogP contribution in [-0.2, 0) is 19.5 Å². The van der Waals surface area contributed by atoms with E-state index in [-0.39, 0.29) is 0 Å². The van der Waals surface area contributed by atoms with Crippen LogP contribution in [0.1, 0.15) is 36.3 Å². The summed E-state index contributed by atoms with van der Waals surface area (Å²) in [6.45, 7) is 5.80. The normalized spacial score (nSPS) is 11.1. The molecule has 2 heterocycles. The third-order valence-corrected chi connectivity index (χ3v) is 3.04. The molecule has 0 saturated heterocycles.